The highest BCUT2D eigenvalue weighted by Crippen LogP contribution is 2.26. The molecule has 0 bridgehead atoms. The van der Waals surface area contributed by atoms with Crippen LogP contribution in [0, 0.1) is 0 Å². The van der Waals surface area contributed by atoms with Crippen LogP contribution < -0.4 is 10.1 Å². The van der Waals surface area contributed by atoms with Crippen molar-refractivity contribution in [1.29, 1.82) is 0 Å². The summed E-state index contributed by atoms with van der Waals surface area (Å²) in [7, 11) is -3.95. The van der Waals surface area contributed by atoms with Crippen LogP contribution in [0.25, 0.3) is 0 Å². The van der Waals surface area contributed by atoms with Crippen LogP contribution in [-0.4, -0.2) is 77.4 Å². The van der Waals surface area contributed by atoms with Crippen molar-refractivity contribution in [2.45, 2.75) is 49.1 Å². The Balaban J connectivity index is 1.39. The van der Waals surface area contributed by atoms with Gasteiger partial charge in [0.2, 0.25) is 15.9 Å². The largest absolute Gasteiger partial charge is 0.480 e. The number of likely N-dealkylation sites (tertiary alicyclic amines) is 1. The number of rotatable bonds is 8. The molecule has 192 valence electrons. The van der Waals surface area contributed by atoms with E-state index in [0.717, 1.165) is 17.1 Å². The standard InChI is InChI=1S/C24H28N4O7S/c29-22(21-6-4-14-28(21)36(33,34)19-5-3-11-25-16-19)26-20(23(30)31)15-17-7-9-18(10-8-17)35-24(32)27-12-1-2-13-27/h3,5,7-11,16,20-21H,1-2,4,6,12-15H2,(H,26,29)(H,30,31). The van der Waals surface area contributed by atoms with Crippen LogP contribution in [0.15, 0.2) is 53.7 Å². The molecule has 2 aliphatic heterocycles. The lowest BCUT2D eigenvalue weighted by atomic mass is 10.1. The van der Waals surface area contributed by atoms with Crippen molar-refractivity contribution in [1.82, 2.24) is 19.5 Å². The fourth-order valence-electron chi connectivity index (χ4n) is 4.39. The number of ether oxygens (including phenoxy) is 1. The molecule has 0 aliphatic carbocycles. The number of benzene rings is 1. The summed E-state index contributed by atoms with van der Waals surface area (Å²) in [5.74, 6) is -1.56. The molecule has 2 aromatic rings. The van der Waals surface area contributed by atoms with Crippen LogP contribution >= 0.6 is 0 Å². The lowest BCUT2D eigenvalue weighted by molar-refractivity contribution is -0.142. The van der Waals surface area contributed by atoms with Gasteiger partial charge in [-0.05, 0) is 55.5 Å². The second kappa shape index (κ2) is 11.0. The van der Waals surface area contributed by atoms with E-state index in [9.17, 15) is 27.9 Å². The molecule has 0 spiro atoms. The molecular weight excluding hydrogens is 488 g/mol. The number of carbonyl (C=O) groups is 3. The Bertz CT molecular complexity index is 1200. The Morgan fingerprint density at radius 2 is 1.81 bits per heavy atom. The highest BCUT2D eigenvalue weighted by Gasteiger charge is 2.40. The SMILES string of the molecule is O=C(O)C(Cc1ccc(OC(=O)N2CCCC2)cc1)NC(=O)C1CCCN1S(=O)(=O)c1cccnc1. The van der Waals surface area contributed by atoms with Crippen molar-refractivity contribution in [3.05, 3.63) is 54.4 Å². The average Bonchev–Trinajstić information content (AvgIpc) is 3.58. The maximum absolute atomic E-state index is 13.0. The van der Waals surface area contributed by atoms with Crippen molar-refractivity contribution in [3.8, 4) is 5.75 Å². The quantitative estimate of drug-likeness (QED) is 0.538. The normalized spacial score (nSPS) is 19.1. The van der Waals surface area contributed by atoms with Gasteiger partial charge in [0.05, 0.1) is 0 Å². The molecule has 2 saturated heterocycles. The molecule has 2 amide bonds. The molecule has 2 fully saturated rings. The molecular formula is C24H28N4O7S. The first-order chi connectivity index (χ1) is 17.3. The van der Waals surface area contributed by atoms with Crippen LogP contribution in [0.3, 0.4) is 0 Å². The molecule has 0 radical (unpaired) electrons. The lowest BCUT2D eigenvalue weighted by Gasteiger charge is -2.25. The predicted molar refractivity (Wildman–Crippen MR) is 128 cm³/mol. The van der Waals surface area contributed by atoms with E-state index in [1.54, 1.807) is 29.2 Å². The zero-order valence-corrected chi connectivity index (χ0v) is 20.4. The monoisotopic (exact) mass is 516 g/mol. The second-order valence-corrected chi connectivity index (χ2v) is 10.7. The summed E-state index contributed by atoms with van der Waals surface area (Å²) in [5.41, 5.74) is 0.606. The third-order valence-corrected chi connectivity index (χ3v) is 8.19. The molecule has 2 unspecified atom stereocenters. The second-order valence-electron chi connectivity index (χ2n) is 8.77. The van der Waals surface area contributed by atoms with Crippen molar-refractivity contribution < 1.29 is 32.6 Å². The van der Waals surface area contributed by atoms with Gasteiger partial charge >= 0.3 is 12.1 Å². The van der Waals surface area contributed by atoms with Crippen LogP contribution in [0.1, 0.15) is 31.2 Å². The number of aliphatic carboxylic acids is 1. The maximum Gasteiger partial charge on any atom is 0.415 e. The number of nitrogens with zero attached hydrogens (tertiary/aromatic N) is 3. The number of nitrogens with one attached hydrogen (secondary N) is 1. The molecule has 0 saturated carbocycles. The maximum atomic E-state index is 13.0. The number of sulfonamides is 1. The van der Waals surface area contributed by atoms with Crippen molar-refractivity contribution in [3.63, 3.8) is 0 Å². The zero-order valence-electron chi connectivity index (χ0n) is 19.6. The molecule has 11 nitrogen and oxygen atoms in total. The first-order valence-corrected chi connectivity index (χ1v) is 13.2. The van der Waals surface area contributed by atoms with E-state index in [0.29, 0.717) is 30.8 Å². The summed E-state index contributed by atoms with van der Waals surface area (Å²) in [6.45, 7) is 1.49. The van der Waals surface area contributed by atoms with Crippen molar-refractivity contribution in [2.24, 2.45) is 0 Å². The van der Waals surface area contributed by atoms with Crippen molar-refractivity contribution in [2.75, 3.05) is 19.6 Å². The molecule has 3 heterocycles. The summed E-state index contributed by atoms with van der Waals surface area (Å²) in [6, 6.07) is 7.03. The van der Waals surface area contributed by atoms with Crippen LogP contribution in [-0.2, 0) is 26.0 Å². The molecule has 2 atom stereocenters. The van der Waals surface area contributed by atoms with Crippen LogP contribution in [0.5, 0.6) is 5.75 Å². The summed E-state index contributed by atoms with van der Waals surface area (Å²) < 4.78 is 32.5. The van der Waals surface area contributed by atoms with Gasteiger partial charge in [0.1, 0.15) is 22.7 Å². The lowest BCUT2D eigenvalue weighted by Crippen LogP contribution is -2.51. The Labute approximate surface area is 209 Å². The molecule has 36 heavy (non-hydrogen) atoms. The van der Waals surface area contributed by atoms with Gasteiger partial charge in [0.25, 0.3) is 0 Å². The minimum Gasteiger partial charge on any atom is -0.480 e. The molecule has 12 heteroatoms. The fraction of sp³-hybridized carbons (Fsp3) is 0.417. The summed E-state index contributed by atoms with van der Waals surface area (Å²) in [6.07, 6.45) is 4.89. The minimum atomic E-state index is -3.95. The van der Waals surface area contributed by atoms with Gasteiger partial charge in [-0.15, -0.1) is 0 Å². The predicted octanol–water partition coefficient (Wildman–Crippen LogP) is 1.64. The van der Waals surface area contributed by atoms with E-state index >= 15 is 0 Å². The number of aromatic nitrogens is 1. The van der Waals surface area contributed by atoms with Gasteiger partial charge in [-0.1, -0.05) is 12.1 Å². The minimum absolute atomic E-state index is 0.0231. The number of carboxylic acids is 1. The summed E-state index contributed by atoms with van der Waals surface area (Å²) >= 11 is 0. The molecule has 4 rings (SSSR count). The number of hydrogen-bond donors (Lipinski definition) is 2. The number of amides is 2. The molecule has 2 aliphatic rings. The first kappa shape index (κ1) is 25.6. The molecule has 2 N–H and O–H groups in total. The number of carbonyl (C=O) groups excluding carboxylic acids is 2. The fourth-order valence-corrected chi connectivity index (χ4v) is 6.01. The first-order valence-electron chi connectivity index (χ1n) is 11.8. The van der Waals surface area contributed by atoms with Gasteiger partial charge in [0.15, 0.2) is 0 Å². The number of pyridine rings is 1. The highest BCUT2D eigenvalue weighted by atomic mass is 32.2. The summed E-state index contributed by atoms with van der Waals surface area (Å²) in [5, 5.41) is 12.2. The van der Waals surface area contributed by atoms with Gasteiger partial charge in [0, 0.05) is 38.4 Å². The Morgan fingerprint density at radius 1 is 1.08 bits per heavy atom. The highest BCUT2D eigenvalue weighted by molar-refractivity contribution is 7.89. The number of hydrogen-bond acceptors (Lipinski definition) is 7. The van der Waals surface area contributed by atoms with Gasteiger partial charge in [-0.3, -0.25) is 9.78 Å². The third kappa shape index (κ3) is 5.82. The van der Waals surface area contributed by atoms with Crippen molar-refractivity contribution >= 4 is 28.0 Å². The Kier molecular flexibility index (Phi) is 7.85. The summed E-state index contributed by atoms with van der Waals surface area (Å²) in [4.78, 5) is 42.4. The van der Waals surface area contributed by atoms with Gasteiger partial charge in [-0.2, -0.15) is 4.31 Å². The average molecular weight is 517 g/mol. The van der Waals surface area contributed by atoms with Crippen LogP contribution in [0.4, 0.5) is 4.79 Å². The Morgan fingerprint density at radius 3 is 2.44 bits per heavy atom. The van der Waals surface area contributed by atoms with Gasteiger partial charge in [-0.25, -0.2) is 18.0 Å². The number of carboxylic acid groups (broad SMARTS) is 1. The van der Waals surface area contributed by atoms with E-state index < -0.39 is 40.1 Å². The van der Waals surface area contributed by atoms with Crippen LogP contribution in [0.2, 0.25) is 0 Å². The van der Waals surface area contributed by atoms with Gasteiger partial charge < -0.3 is 20.1 Å². The third-order valence-electron chi connectivity index (χ3n) is 6.29. The van der Waals surface area contributed by atoms with E-state index in [-0.39, 0.29) is 24.3 Å². The smallest absolute Gasteiger partial charge is 0.415 e. The Hall–Kier alpha value is -3.51. The van der Waals surface area contributed by atoms with E-state index in [2.05, 4.69) is 10.3 Å². The zero-order chi connectivity index (χ0) is 25.7. The molecule has 1 aromatic heterocycles. The van der Waals surface area contributed by atoms with E-state index in [1.807, 2.05) is 0 Å². The van der Waals surface area contributed by atoms with E-state index in [4.69, 9.17) is 4.74 Å². The van der Waals surface area contributed by atoms with E-state index in [1.165, 1.54) is 24.5 Å². The topological polar surface area (TPSA) is 146 Å². The molecule has 1 aromatic carbocycles.